The van der Waals surface area contributed by atoms with Gasteiger partial charge in [-0.15, -0.1) is 11.6 Å². The van der Waals surface area contributed by atoms with Crippen LogP contribution in [0.15, 0.2) is 33.2 Å². The van der Waals surface area contributed by atoms with Crippen LogP contribution in [-0.4, -0.2) is 19.6 Å². The van der Waals surface area contributed by atoms with E-state index >= 15 is 0 Å². The van der Waals surface area contributed by atoms with Crippen molar-refractivity contribution in [3.05, 3.63) is 33.2 Å². The molecule has 1 rings (SSSR count). The molecule has 88 valence electrons. The number of rotatable bonds is 5. The molecular weight excluding hydrogens is 359 g/mol. The molecule has 0 saturated carbocycles. The molecule has 0 heterocycles. The lowest BCUT2D eigenvalue weighted by molar-refractivity contribution is 0.357. The van der Waals surface area contributed by atoms with Crippen LogP contribution in [0.2, 0.25) is 0 Å². The van der Waals surface area contributed by atoms with Crippen molar-refractivity contribution in [2.45, 2.75) is 0 Å². The lowest BCUT2D eigenvalue weighted by Crippen LogP contribution is -1.95. The number of halogens is 3. The summed E-state index contributed by atoms with van der Waals surface area (Å²) in [6.45, 7) is 0.490. The van der Waals surface area contributed by atoms with Gasteiger partial charge in [0.25, 0.3) is 0 Å². The zero-order valence-electron chi connectivity index (χ0n) is 8.67. The molecule has 1 aromatic carbocycles. The van der Waals surface area contributed by atoms with Crippen molar-refractivity contribution in [1.29, 1.82) is 0 Å². The van der Waals surface area contributed by atoms with Crippen molar-refractivity contribution in [1.82, 2.24) is 0 Å². The second kappa shape index (κ2) is 7.20. The predicted octanol–water partition coefficient (Wildman–Crippen LogP) is 4.39. The van der Waals surface area contributed by atoms with Gasteiger partial charge in [0.1, 0.15) is 18.1 Å². The maximum atomic E-state index is 5.54. The van der Waals surface area contributed by atoms with E-state index in [9.17, 15) is 0 Å². The summed E-state index contributed by atoms with van der Waals surface area (Å²) in [4.78, 5) is 0. The summed E-state index contributed by atoms with van der Waals surface area (Å²) in [6, 6.07) is 3.71. The number of alkyl halides is 1. The molecule has 0 aliphatic rings. The van der Waals surface area contributed by atoms with E-state index in [-0.39, 0.29) is 0 Å². The molecular formula is C11H11Br2ClO2. The van der Waals surface area contributed by atoms with Crippen LogP contribution in [-0.2, 0) is 0 Å². The van der Waals surface area contributed by atoms with Gasteiger partial charge in [0.2, 0.25) is 0 Å². The van der Waals surface area contributed by atoms with E-state index < -0.39 is 0 Å². The molecule has 1 aromatic rings. The first-order valence-electron chi connectivity index (χ1n) is 4.55. The van der Waals surface area contributed by atoms with Crippen LogP contribution < -0.4 is 9.47 Å². The molecule has 0 spiro atoms. The van der Waals surface area contributed by atoms with Crippen molar-refractivity contribution in [2.75, 3.05) is 19.6 Å². The maximum absolute atomic E-state index is 5.54. The van der Waals surface area contributed by atoms with Gasteiger partial charge >= 0.3 is 0 Å². The molecule has 0 N–H and O–H groups in total. The van der Waals surface area contributed by atoms with Crippen LogP contribution in [0, 0.1) is 0 Å². The molecule has 0 atom stereocenters. The smallest absolute Gasteiger partial charge is 0.135 e. The van der Waals surface area contributed by atoms with E-state index in [0.29, 0.717) is 12.5 Å². The van der Waals surface area contributed by atoms with Crippen LogP contribution in [0.1, 0.15) is 0 Å². The summed E-state index contributed by atoms with van der Waals surface area (Å²) >= 11 is 12.3. The topological polar surface area (TPSA) is 18.5 Å². The summed E-state index contributed by atoms with van der Waals surface area (Å²) in [7, 11) is 1.62. The fourth-order valence-electron chi connectivity index (χ4n) is 1.05. The highest BCUT2D eigenvalue weighted by atomic mass is 79.9. The Morgan fingerprint density at radius 3 is 2.44 bits per heavy atom. The first kappa shape index (κ1) is 13.9. The lowest BCUT2D eigenvalue weighted by atomic mass is 10.3. The standard InChI is InChI=1S/C11H11Br2ClO2/c1-15-10-6-9(13)11(7-8(10)12)16-5-3-2-4-14/h2-3,6-7H,4-5H2,1H3. The second-order valence-electron chi connectivity index (χ2n) is 2.85. The fourth-order valence-corrected chi connectivity index (χ4v) is 2.09. The number of methoxy groups -OCH3 is 1. The maximum Gasteiger partial charge on any atom is 0.135 e. The molecule has 0 bridgehead atoms. The molecule has 5 heteroatoms. The SMILES string of the molecule is COc1cc(Br)c(OCC=CCCl)cc1Br. The highest BCUT2D eigenvalue weighted by molar-refractivity contribution is 9.11. The minimum atomic E-state index is 0.490. The minimum Gasteiger partial charge on any atom is -0.496 e. The van der Waals surface area contributed by atoms with Crippen LogP contribution in [0.4, 0.5) is 0 Å². The van der Waals surface area contributed by atoms with E-state index in [4.69, 9.17) is 21.1 Å². The zero-order valence-corrected chi connectivity index (χ0v) is 12.6. The Hall–Kier alpha value is -0.190. The predicted molar refractivity (Wildman–Crippen MR) is 73.7 cm³/mol. The van der Waals surface area contributed by atoms with E-state index in [1.54, 1.807) is 7.11 Å². The molecule has 0 radical (unpaired) electrons. The number of hydrogen-bond acceptors (Lipinski definition) is 2. The van der Waals surface area contributed by atoms with E-state index in [0.717, 1.165) is 20.4 Å². The average Bonchev–Trinajstić information content (AvgIpc) is 2.28. The number of hydrogen-bond donors (Lipinski definition) is 0. The monoisotopic (exact) mass is 368 g/mol. The van der Waals surface area contributed by atoms with Crippen molar-refractivity contribution >= 4 is 43.5 Å². The molecule has 0 aliphatic heterocycles. The minimum absolute atomic E-state index is 0.490. The van der Waals surface area contributed by atoms with Gasteiger partial charge in [0, 0.05) is 5.88 Å². The molecule has 0 fully saturated rings. The van der Waals surface area contributed by atoms with Crippen LogP contribution in [0.25, 0.3) is 0 Å². The Kier molecular flexibility index (Phi) is 6.24. The van der Waals surface area contributed by atoms with Crippen molar-refractivity contribution in [2.24, 2.45) is 0 Å². The molecule has 16 heavy (non-hydrogen) atoms. The first-order chi connectivity index (χ1) is 7.69. The van der Waals surface area contributed by atoms with Gasteiger partial charge in [-0.1, -0.05) is 12.2 Å². The Bertz CT molecular complexity index is 380. The summed E-state index contributed by atoms with van der Waals surface area (Å²) in [5, 5.41) is 0. The third kappa shape index (κ3) is 4.00. The highest BCUT2D eigenvalue weighted by Gasteiger charge is 2.07. The Balaban J connectivity index is 2.73. The molecule has 0 aromatic heterocycles. The van der Waals surface area contributed by atoms with Gasteiger partial charge < -0.3 is 9.47 Å². The summed E-state index contributed by atoms with van der Waals surface area (Å²) in [5.41, 5.74) is 0. The number of ether oxygens (including phenoxy) is 2. The average molecular weight is 370 g/mol. The normalized spacial score (nSPS) is 10.8. The molecule has 2 nitrogen and oxygen atoms in total. The van der Waals surface area contributed by atoms with Gasteiger partial charge in [-0.3, -0.25) is 0 Å². The number of allylic oxidation sites excluding steroid dienone is 1. The van der Waals surface area contributed by atoms with Gasteiger partial charge in [0.05, 0.1) is 16.1 Å². The Labute approximate surface area is 117 Å². The third-order valence-electron chi connectivity index (χ3n) is 1.80. The number of benzene rings is 1. The van der Waals surface area contributed by atoms with Crippen LogP contribution in [0.5, 0.6) is 11.5 Å². The fraction of sp³-hybridized carbons (Fsp3) is 0.273. The third-order valence-corrected chi connectivity index (χ3v) is 3.21. The quantitative estimate of drug-likeness (QED) is 0.565. The largest absolute Gasteiger partial charge is 0.496 e. The Morgan fingerprint density at radius 2 is 1.81 bits per heavy atom. The van der Waals surface area contributed by atoms with E-state index in [1.807, 2.05) is 24.3 Å². The van der Waals surface area contributed by atoms with Crippen molar-refractivity contribution in [3.8, 4) is 11.5 Å². The van der Waals surface area contributed by atoms with Gasteiger partial charge in [-0.2, -0.15) is 0 Å². The molecule has 0 aliphatic carbocycles. The van der Waals surface area contributed by atoms with Crippen molar-refractivity contribution < 1.29 is 9.47 Å². The summed E-state index contributed by atoms with van der Waals surface area (Å²) < 4.78 is 12.4. The van der Waals surface area contributed by atoms with E-state index in [2.05, 4.69) is 31.9 Å². The lowest BCUT2D eigenvalue weighted by Gasteiger charge is -2.09. The van der Waals surface area contributed by atoms with Gasteiger partial charge in [-0.25, -0.2) is 0 Å². The molecule has 0 amide bonds. The van der Waals surface area contributed by atoms with Crippen molar-refractivity contribution in [3.63, 3.8) is 0 Å². The van der Waals surface area contributed by atoms with E-state index in [1.165, 1.54) is 0 Å². The molecule has 0 saturated heterocycles. The summed E-state index contributed by atoms with van der Waals surface area (Å²) in [5.74, 6) is 2.01. The van der Waals surface area contributed by atoms with Crippen LogP contribution >= 0.6 is 43.5 Å². The highest BCUT2D eigenvalue weighted by Crippen LogP contribution is 2.35. The Morgan fingerprint density at radius 1 is 1.19 bits per heavy atom. The van der Waals surface area contributed by atoms with Gasteiger partial charge in [-0.05, 0) is 44.0 Å². The van der Waals surface area contributed by atoms with Crippen LogP contribution in [0.3, 0.4) is 0 Å². The second-order valence-corrected chi connectivity index (χ2v) is 4.87. The van der Waals surface area contributed by atoms with Gasteiger partial charge in [0.15, 0.2) is 0 Å². The zero-order chi connectivity index (χ0) is 12.0. The molecule has 0 unspecified atom stereocenters. The first-order valence-corrected chi connectivity index (χ1v) is 6.68. The summed E-state index contributed by atoms with van der Waals surface area (Å²) in [6.07, 6.45) is 3.71.